The summed E-state index contributed by atoms with van der Waals surface area (Å²) in [4.78, 5) is 6.54. The van der Waals surface area contributed by atoms with Gasteiger partial charge in [-0.1, -0.05) is 60.7 Å². The minimum Gasteiger partial charge on any atom is -0.355 e. The van der Waals surface area contributed by atoms with Gasteiger partial charge in [0.1, 0.15) is 5.84 Å². The Balaban J connectivity index is 0.000000597. The molecule has 2 aromatic carbocycles. The Labute approximate surface area is 160 Å². The number of nitrogens with one attached hydrogen (secondary N) is 1. The van der Waals surface area contributed by atoms with Crippen LogP contribution in [0.4, 0.5) is 0 Å². The second-order valence-corrected chi connectivity index (χ2v) is 6.42. The fourth-order valence-electron chi connectivity index (χ4n) is 1.77. The van der Waals surface area contributed by atoms with Gasteiger partial charge in [0.25, 0.3) is 0 Å². The molecule has 2 N–H and O–H groups in total. The van der Waals surface area contributed by atoms with Crippen LogP contribution in [0.25, 0.3) is 0 Å². The van der Waals surface area contributed by atoms with Crippen molar-refractivity contribution in [1.82, 2.24) is 10.2 Å². The number of nitrogens with zero attached hydrogens (tertiary/aromatic N) is 2. The Morgan fingerprint density at radius 2 is 1.50 bits per heavy atom. The Bertz CT molecular complexity index is 701. The first-order valence-electron chi connectivity index (χ1n) is 7.42. The third-order valence-electron chi connectivity index (χ3n) is 2.94. The van der Waals surface area contributed by atoms with Gasteiger partial charge in [0, 0.05) is 19.7 Å². The van der Waals surface area contributed by atoms with E-state index in [-0.39, 0.29) is 0 Å². The highest BCUT2D eigenvalue weighted by Crippen LogP contribution is 2.05. The van der Waals surface area contributed by atoms with Crippen LogP contribution >= 0.6 is 12.2 Å². The van der Waals surface area contributed by atoms with Gasteiger partial charge in [0.2, 0.25) is 0 Å². The van der Waals surface area contributed by atoms with Crippen LogP contribution in [0.2, 0.25) is 0 Å². The van der Waals surface area contributed by atoms with Gasteiger partial charge < -0.3 is 10.2 Å². The van der Waals surface area contributed by atoms with Crippen molar-refractivity contribution in [1.29, 1.82) is 0 Å². The number of hydrogen-bond donors (Lipinski definition) is 2. The van der Waals surface area contributed by atoms with Gasteiger partial charge in [-0.05, 0) is 17.8 Å². The monoisotopic (exact) mass is 397 g/mol. The van der Waals surface area contributed by atoms with Crippen molar-refractivity contribution in [3.05, 3.63) is 71.8 Å². The summed E-state index contributed by atoms with van der Waals surface area (Å²) < 4.78 is 32.7. The number of amidine groups is 1. The lowest BCUT2D eigenvalue weighted by molar-refractivity contribution is -1.92. The standard InChI is InChI=1S/C17H19N3S.ClHO4/c1-20(2)17(21)19-16(15-11-7-4-8-12-15)18-13-14-9-5-3-6-10-14;2-1(3,4)5/h3-12H,13H2,1-2H3,(H,18,19,21);(H,2,3,4,5). The highest BCUT2D eigenvalue weighted by Gasteiger charge is 2.06. The Morgan fingerprint density at radius 1 is 1.04 bits per heavy atom. The van der Waals surface area contributed by atoms with E-state index >= 15 is 0 Å². The molecule has 2 aromatic rings. The smallest absolute Gasteiger partial charge is 0.174 e. The van der Waals surface area contributed by atoms with E-state index in [0.717, 1.165) is 11.4 Å². The molecule has 26 heavy (non-hydrogen) atoms. The summed E-state index contributed by atoms with van der Waals surface area (Å²) in [5.74, 6) is 0.790. The van der Waals surface area contributed by atoms with E-state index in [1.54, 1.807) is 0 Å². The van der Waals surface area contributed by atoms with Crippen molar-refractivity contribution in [2.45, 2.75) is 6.54 Å². The normalized spacial score (nSPS) is 11.2. The molecule has 0 aliphatic rings. The molecule has 0 radical (unpaired) electrons. The van der Waals surface area contributed by atoms with Crippen molar-refractivity contribution < 1.29 is 28.9 Å². The number of thiocarbonyl (C=S) groups is 1. The lowest BCUT2D eigenvalue weighted by Crippen LogP contribution is -2.58. The van der Waals surface area contributed by atoms with Crippen LogP contribution in [0.15, 0.2) is 65.7 Å². The molecule has 0 saturated carbocycles. The molecule has 0 aromatic heterocycles. The molecule has 0 saturated heterocycles. The maximum atomic E-state index is 8.60. The summed E-state index contributed by atoms with van der Waals surface area (Å²) in [5, 5.41) is 3.85. The molecule has 0 spiro atoms. The Hall–Kier alpha value is -2.07. The topological polar surface area (TPSA) is 117 Å². The number of aliphatic imine (C=N–C) groups is 1. The second-order valence-electron chi connectivity index (χ2n) is 5.24. The lowest BCUT2D eigenvalue weighted by Gasteiger charge is -2.17. The fourth-order valence-corrected chi connectivity index (χ4v) is 1.86. The van der Waals surface area contributed by atoms with Crippen molar-refractivity contribution in [3.63, 3.8) is 0 Å². The fraction of sp³-hybridized carbons (Fsp3) is 0.176. The minimum absolute atomic E-state index is 0.619. The zero-order valence-electron chi connectivity index (χ0n) is 14.3. The molecule has 9 heteroatoms. The second kappa shape index (κ2) is 10.8. The summed E-state index contributed by atoms with van der Waals surface area (Å²) in [6.45, 7) is 0.619. The largest absolute Gasteiger partial charge is 0.355 e. The van der Waals surface area contributed by atoms with Gasteiger partial charge in [0.05, 0.1) is 21.4 Å². The highest BCUT2D eigenvalue weighted by molar-refractivity contribution is 7.80. The minimum atomic E-state index is -4.69. The quantitative estimate of drug-likeness (QED) is 0.385. The van der Waals surface area contributed by atoms with Gasteiger partial charge >= 0.3 is 0 Å². The summed E-state index contributed by atoms with van der Waals surface area (Å²) in [6.07, 6.45) is 0. The molecule has 0 fully saturated rings. The molecular weight excluding hydrogens is 378 g/mol. The van der Waals surface area contributed by atoms with Gasteiger partial charge in [-0.15, -0.1) is 0 Å². The number of benzene rings is 2. The molecule has 140 valence electrons. The van der Waals surface area contributed by atoms with E-state index < -0.39 is 10.2 Å². The van der Waals surface area contributed by atoms with E-state index in [0.29, 0.717) is 11.7 Å². The molecule has 7 nitrogen and oxygen atoms in total. The van der Waals surface area contributed by atoms with Crippen molar-refractivity contribution in [3.8, 4) is 0 Å². The molecular formula is C17H20ClN3O4S. The molecule has 0 atom stereocenters. The summed E-state index contributed by atoms with van der Waals surface area (Å²) in [7, 11) is -0.871. The van der Waals surface area contributed by atoms with Gasteiger partial charge in [0.15, 0.2) is 5.11 Å². The van der Waals surface area contributed by atoms with Gasteiger partial charge in [-0.2, -0.15) is 14.0 Å². The van der Waals surface area contributed by atoms with E-state index in [9.17, 15) is 0 Å². The summed E-state index contributed by atoms with van der Waals surface area (Å²) in [5.41, 5.74) is 2.20. The predicted octanol–water partition coefficient (Wildman–Crippen LogP) is -1.05. The lowest BCUT2D eigenvalue weighted by atomic mass is 10.2. The first kappa shape index (κ1) is 22.0. The van der Waals surface area contributed by atoms with Crippen LogP contribution in [-0.4, -0.2) is 34.6 Å². The summed E-state index contributed by atoms with van der Waals surface area (Å²) in [6, 6.07) is 20.2. The average Bonchev–Trinajstić information content (AvgIpc) is 2.58. The van der Waals surface area contributed by atoms with E-state index in [2.05, 4.69) is 22.4 Å². The van der Waals surface area contributed by atoms with E-state index in [1.165, 1.54) is 5.56 Å². The van der Waals surface area contributed by atoms with Crippen LogP contribution in [0.1, 0.15) is 11.1 Å². The maximum absolute atomic E-state index is 8.60. The third-order valence-corrected chi connectivity index (χ3v) is 3.41. The maximum Gasteiger partial charge on any atom is 0.174 e. The highest BCUT2D eigenvalue weighted by atomic mass is 35.7. The van der Waals surface area contributed by atoms with Crippen molar-refractivity contribution in [2.24, 2.45) is 4.99 Å². The zero-order chi connectivity index (χ0) is 19.6. The number of hydrogen-bond acceptors (Lipinski definition) is 6. The average molecular weight is 398 g/mol. The van der Waals surface area contributed by atoms with E-state index in [4.69, 9.17) is 30.9 Å². The zero-order valence-corrected chi connectivity index (χ0v) is 15.9. The van der Waals surface area contributed by atoms with Gasteiger partial charge in [-0.25, -0.2) is 0 Å². The van der Waals surface area contributed by atoms with Crippen molar-refractivity contribution >= 4 is 23.2 Å². The molecule has 0 aliphatic heterocycles. The van der Waals surface area contributed by atoms with Crippen LogP contribution in [-0.2, 0) is 6.54 Å². The summed E-state index contributed by atoms with van der Waals surface area (Å²) >= 11 is 5.32. The first-order valence-corrected chi connectivity index (χ1v) is 9.09. The molecule has 2 rings (SSSR count). The molecule has 0 bridgehead atoms. The Morgan fingerprint density at radius 3 is 1.96 bits per heavy atom. The molecule has 0 unspecified atom stereocenters. The number of halogens is 1. The Kier molecular flexibility index (Phi) is 9.14. The van der Waals surface area contributed by atoms with E-state index in [1.807, 2.05) is 67.5 Å². The van der Waals surface area contributed by atoms with Crippen LogP contribution < -0.4 is 19.3 Å². The molecule has 0 heterocycles. The SMILES string of the molecule is CN(C)C(=S)NC(=NCc1ccccc1)c1ccccc1.[O-][Cl+3]([O-])([O-])O. The first-order chi connectivity index (χ1) is 12.2. The van der Waals surface area contributed by atoms with Gasteiger partial charge in [-0.3, -0.25) is 4.99 Å². The van der Waals surface area contributed by atoms with Crippen LogP contribution in [0.5, 0.6) is 0 Å². The van der Waals surface area contributed by atoms with Crippen LogP contribution in [0.3, 0.4) is 0 Å². The van der Waals surface area contributed by atoms with Crippen LogP contribution in [0, 0.1) is 10.2 Å². The third kappa shape index (κ3) is 10.0. The molecule has 0 aliphatic carbocycles. The number of rotatable bonds is 3. The van der Waals surface area contributed by atoms with Crippen molar-refractivity contribution in [2.75, 3.05) is 14.1 Å². The predicted molar refractivity (Wildman–Crippen MR) is 94.8 cm³/mol. The molecule has 0 amide bonds.